The van der Waals surface area contributed by atoms with E-state index in [2.05, 4.69) is 15.4 Å². The maximum Gasteiger partial charge on any atom is 0.139 e. The van der Waals surface area contributed by atoms with E-state index >= 15 is 0 Å². The molecule has 0 atom stereocenters. The molecular formula is C11H24N4O. The molecule has 4 N–H and O–H groups in total. The summed E-state index contributed by atoms with van der Waals surface area (Å²) in [6.45, 7) is 5.78. The summed E-state index contributed by atoms with van der Waals surface area (Å²) in [6, 6.07) is 0. The van der Waals surface area contributed by atoms with Crippen LogP contribution in [-0.2, 0) is 0 Å². The summed E-state index contributed by atoms with van der Waals surface area (Å²) >= 11 is 0. The predicted octanol–water partition coefficient (Wildman–Crippen LogP) is 0.589. The smallest absolute Gasteiger partial charge is 0.139 e. The Balaban J connectivity index is 1.81. The van der Waals surface area contributed by atoms with Crippen molar-refractivity contribution in [2.24, 2.45) is 10.9 Å². The largest absolute Gasteiger partial charge is 0.409 e. The van der Waals surface area contributed by atoms with Crippen LogP contribution in [0.4, 0.5) is 0 Å². The summed E-state index contributed by atoms with van der Waals surface area (Å²) in [5.41, 5.74) is 5.36. The monoisotopic (exact) mass is 228 g/mol. The molecule has 0 amide bonds. The minimum Gasteiger partial charge on any atom is -0.409 e. The van der Waals surface area contributed by atoms with E-state index in [4.69, 9.17) is 10.9 Å². The van der Waals surface area contributed by atoms with Gasteiger partial charge in [0.2, 0.25) is 0 Å². The molecule has 0 unspecified atom stereocenters. The first-order chi connectivity index (χ1) is 7.83. The number of hydrogen-bond acceptors (Lipinski definition) is 4. The summed E-state index contributed by atoms with van der Waals surface area (Å²) in [4.78, 5) is 2.53. The number of oxime groups is 1. The van der Waals surface area contributed by atoms with Gasteiger partial charge in [-0.2, -0.15) is 0 Å². The van der Waals surface area contributed by atoms with Gasteiger partial charge < -0.3 is 21.2 Å². The predicted molar refractivity (Wildman–Crippen MR) is 65.8 cm³/mol. The Morgan fingerprint density at radius 3 is 2.62 bits per heavy atom. The zero-order valence-corrected chi connectivity index (χ0v) is 9.99. The minimum atomic E-state index is 0.318. The van der Waals surface area contributed by atoms with Crippen LogP contribution in [0.25, 0.3) is 0 Å². The van der Waals surface area contributed by atoms with Crippen molar-refractivity contribution in [1.82, 2.24) is 10.2 Å². The van der Waals surface area contributed by atoms with Gasteiger partial charge in [-0.15, -0.1) is 0 Å². The number of likely N-dealkylation sites (tertiary alicyclic amines) is 1. The van der Waals surface area contributed by atoms with E-state index in [0.29, 0.717) is 12.3 Å². The summed E-state index contributed by atoms with van der Waals surface area (Å²) in [5, 5.41) is 14.6. The van der Waals surface area contributed by atoms with Crippen molar-refractivity contribution in [1.29, 1.82) is 0 Å². The molecule has 1 saturated heterocycles. The van der Waals surface area contributed by atoms with Crippen molar-refractivity contribution >= 4 is 5.84 Å². The molecule has 1 aliphatic rings. The quantitative estimate of drug-likeness (QED) is 0.187. The second kappa shape index (κ2) is 8.35. The van der Waals surface area contributed by atoms with Gasteiger partial charge in [-0.1, -0.05) is 5.16 Å². The maximum absolute atomic E-state index is 8.33. The van der Waals surface area contributed by atoms with E-state index in [0.717, 1.165) is 19.5 Å². The number of nitrogens with two attached hydrogens (primary N) is 1. The molecule has 0 aromatic rings. The van der Waals surface area contributed by atoms with Crippen molar-refractivity contribution in [3.05, 3.63) is 0 Å². The van der Waals surface area contributed by atoms with Crippen LogP contribution in [0, 0.1) is 0 Å². The molecule has 1 rings (SSSR count). The number of nitrogens with one attached hydrogen (secondary N) is 1. The van der Waals surface area contributed by atoms with Crippen LogP contribution in [-0.4, -0.2) is 48.7 Å². The molecule has 0 aliphatic carbocycles. The first-order valence-corrected chi connectivity index (χ1v) is 6.22. The highest BCUT2D eigenvalue weighted by molar-refractivity contribution is 5.79. The van der Waals surface area contributed by atoms with Gasteiger partial charge >= 0.3 is 0 Å². The molecule has 94 valence electrons. The highest BCUT2D eigenvalue weighted by Gasteiger charge is 2.09. The van der Waals surface area contributed by atoms with Gasteiger partial charge in [0.15, 0.2) is 0 Å². The van der Waals surface area contributed by atoms with Crippen molar-refractivity contribution in [2.45, 2.75) is 32.1 Å². The van der Waals surface area contributed by atoms with Gasteiger partial charge in [-0.3, -0.25) is 0 Å². The van der Waals surface area contributed by atoms with Crippen LogP contribution in [0.1, 0.15) is 32.1 Å². The molecular weight excluding hydrogens is 204 g/mol. The van der Waals surface area contributed by atoms with Crippen LogP contribution in [0.5, 0.6) is 0 Å². The number of amidine groups is 1. The third kappa shape index (κ3) is 5.92. The highest BCUT2D eigenvalue weighted by atomic mass is 16.4. The number of nitrogens with zero attached hydrogens (tertiary/aromatic N) is 2. The molecule has 0 spiro atoms. The third-order valence-electron chi connectivity index (χ3n) is 2.94. The molecule has 0 radical (unpaired) electrons. The average Bonchev–Trinajstić information content (AvgIpc) is 2.80. The van der Waals surface area contributed by atoms with Crippen LogP contribution in [0.15, 0.2) is 5.16 Å². The number of hydrogen-bond donors (Lipinski definition) is 3. The van der Waals surface area contributed by atoms with E-state index in [1.807, 2.05) is 0 Å². The van der Waals surface area contributed by atoms with Crippen molar-refractivity contribution in [3.63, 3.8) is 0 Å². The normalized spacial score (nSPS) is 18.1. The Morgan fingerprint density at radius 1 is 1.25 bits per heavy atom. The average molecular weight is 228 g/mol. The van der Waals surface area contributed by atoms with E-state index in [1.54, 1.807) is 0 Å². The van der Waals surface area contributed by atoms with Crippen molar-refractivity contribution in [2.75, 3.05) is 32.7 Å². The Hall–Kier alpha value is -0.810. The Bertz CT molecular complexity index is 202. The molecule has 5 nitrogen and oxygen atoms in total. The Morgan fingerprint density at radius 2 is 1.94 bits per heavy atom. The standard InChI is InChI=1S/C11H24N4O/c12-11(14-16)5-3-6-13-7-4-10-15-8-1-2-9-15/h13,16H,1-10H2,(H2,12,14). The Labute approximate surface area is 97.7 Å². The highest BCUT2D eigenvalue weighted by Crippen LogP contribution is 2.06. The molecule has 1 fully saturated rings. The van der Waals surface area contributed by atoms with Crippen LogP contribution in [0.2, 0.25) is 0 Å². The van der Waals surface area contributed by atoms with Crippen molar-refractivity contribution in [3.8, 4) is 0 Å². The lowest BCUT2D eigenvalue weighted by Crippen LogP contribution is -2.25. The second-order valence-electron chi connectivity index (χ2n) is 4.35. The van der Waals surface area contributed by atoms with Gasteiger partial charge in [-0.25, -0.2) is 0 Å². The lowest BCUT2D eigenvalue weighted by atomic mass is 10.3. The summed E-state index contributed by atoms with van der Waals surface area (Å²) in [5.74, 6) is 0.318. The molecule has 16 heavy (non-hydrogen) atoms. The summed E-state index contributed by atoms with van der Waals surface area (Å²) in [7, 11) is 0. The summed E-state index contributed by atoms with van der Waals surface area (Å²) < 4.78 is 0. The van der Waals surface area contributed by atoms with Gasteiger partial charge in [-0.05, 0) is 58.4 Å². The Kier molecular flexibility index (Phi) is 6.92. The maximum atomic E-state index is 8.33. The van der Waals surface area contributed by atoms with Gasteiger partial charge in [0.25, 0.3) is 0 Å². The lowest BCUT2D eigenvalue weighted by molar-refractivity contribution is 0.316. The SMILES string of the molecule is NC(CCCNCCCN1CCCC1)=NO. The summed E-state index contributed by atoms with van der Waals surface area (Å²) in [6.07, 6.45) is 5.54. The fraction of sp³-hybridized carbons (Fsp3) is 0.909. The molecule has 0 aromatic heterocycles. The van der Waals surface area contributed by atoms with Crippen LogP contribution < -0.4 is 11.1 Å². The topological polar surface area (TPSA) is 73.9 Å². The lowest BCUT2D eigenvalue weighted by Gasteiger charge is -2.14. The zero-order valence-electron chi connectivity index (χ0n) is 9.99. The van der Waals surface area contributed by atoms with E-state index in [-0.39, 0.29) is 0 Å². The van der Waals surface area contributed by atoms with Gasteiger partial charge in [0.1, 0.15) is 5.84 Å². The van der Waals surface area contributed by atoms with E-state index in [1.165, 1.54) is 38.9 Å². The van der Waals surface area contributed by atoms with E-state index in [9.17, 15) is 0 Å². The first-order valence-electron chi connectivity index (χ1n) is 6.22. The number of rotatable bonds is 8. The second-order valence-corrected chi connectivity index (χ2v) is 4.35. The van der Waals surface area contributed by atoms with Gasteiger partial charge in [0, 0.05) is 6.42 Å². The fourth-order valence-corrected chi connectivity index (χ4v) is 2.00. The van der Waals surface area contributed by atoms with Crippen molar-refractivity contribution < 1.29 is 5.21 Å². The minimum absolute atomic E-state index is 0.318. The van der Waals surface area contributed by atoms with Crippen LogP contribution in [0.3, 0.4) is 0 Å². The molecule has 0 aromatic carbocycles. The molecule has 5 heteroatoms. The van der Waals surface area contributed by atoms with Gasteiger partial charge in [0.05, 0.1) is 0 Å². The zero-order chi connectivity index (χ0) is 11.6. The van der Waals surface area contributed by atoms with Crippen LogP contribution >= 0.6 is 0 Å². The molecule has 0 bridgehead atoms. The third-order valence-corrected chi connectivity index (χ3v) is 2.94. The first kappa shape index (κ1) is 13.3. The molecule has 1 aliphatic heterocycles. The molecule has 1 heterocycles. The van der Waals surface area contributed by atoms with E-state index < -0.39 is 0 Å². The molecule has 0 saturated carbocycles. The fourth-order valence-electron chi connectivity index (χ4n) is 2.00.